The number of nitrogen functional groups attached to an aromatic ring is 2. The van der Waals surface area contributed by atoms with Crippen molar-refractivity contribution in [2.75, 3.05) is 11.5 Å². The van der Waals surface area contributed by atoms with Crippen molar-refractivity contribution in [3.05, 3.63) is 54.4 Å². The first-order valence-electron chi connectivity index (χ1n) is 7.38. The van der Waals surface area contributed by atoms with Crippen LogP contribution in [-0.2, 0) is 6.42 Å². The van der Waals surface area contributed by atoms with E-state index in [-0.39, 0.29) is 5.75 Å². The zero-order valence-electron chi connectivity index (χ0n) is 12.8. The van der Waals surface area contributed by atoms with Gasteiger partial charge in [0.2, 0.25) is 0 Å². The number of phenolic OH excluding ortho intramolecular Hbond substituents is 1. The standard InChI is InChI=1S/C18H18N4O/c1-2-14-15(12-5-8-16(19)21-9-12)10-22-18(20)17(14)11-3-6-13(23)7-4-11/h3-10,23H,2H2,1H3,(H2,19,21)(H2,20,22). The van der Waals surface area contributed by atoms with E-state index in [1.165, 1.54) is 0 Å². The molecule has 5 heteroatoms. The Morgan fingerprint density at radius 3 is 2.22 bits per heavy atom. The molecule has 0 spiro atoms. The fraction of sp³-hybridized carbons (Fsp3) is 0.111. The molecule has 2 heterocycles. The maximum Gasteiger partial charge on any atom is 0.131 e. The quantitative estimate of drug-likeness (QED) is 0.690. The highest BCUT2D eigenvalue weighted by Crippen LogP contribution is 2.36. The number of aromatic nitrogens is 2. The van der Waals surface area contributed by atoms with E-state index in [1.807, 2.05) is 18.2 Å². The highest BCUT2D eigenvalue weighted by atomic mass is 16.3. The summed E-state index contributed by atoms with van der Waals surface area (Å²) in [6, 6.07) is 10.7. The van der Waals surface area contributed by atoms with E-state index in [9.17, 15) is 5.11 Å². The number of hydrogen-bond donors (Lipinski definition) is 3. The Morgan fingerprint density at radius 1 is 0.913 bits per heavy atom. The summed E-state index contributed by atoms with van der Waals surface area (Å²) in [5, 5.41) is 9.49. The average Bonchev–Trinajstić information content (AvgIpc) is 2.56. The first kappa shape index (κ1) is 14.8. The predicted octanol–water partition coefficient (Wildman–Crippen LogP) is 3.24. The Labute approximate surface area is 134 Å². The molecule has 3 rings (SSSR count). The molecule has 0 bridgehead atoms. The Balaban J connectivity index is 2.21. The smallest absolute Gasteiger partial charge is 0.131 e. The molecule has 0 saturated heterocycles. The van der Waals surface area contributed by atoms with Crippen LogP contribution in [0.3, 0.4) is 0 Å². The molecule has 5 N–H and O–H groups in total. The van der Waals surface area contributed by atoms with Gasteiger partial charge in [0.15, 0.2) is 0 Å². The van der Waals surface area contributed by atoms with Crippen LogP contribution in [-0.4, -0.2) is 15.1 Å². The van der Waals surface area contributed by atoms with Gasteiger partial charge in [0.1, 0.15) is 17.4 Å². The molecule has 116 valence electrons. The summed E-state index contributed by atoms with van der Waals surface area (Å²) in [5.74, 6) is 1.17. The highest BCUT2D eigenvalue weighted by Gasteiger charge is 2.15. The average molecular weight is 306 g/mol. The van der Waals surface area contributed by atoms with Gasteiger partial charge >= 0.3 is 0 Å². The van der Waals surface area contributed by atoms with E-state index in [2.05, 4.69) is 16.9 Å². The number of nitrogens with zero attached hydrogens (tertiary/aromatic N) is 2. The molecule has 0 atom stereocenters. The van der Waals surface area contributed by atoms with Gasteiger partial charge in [-0.2, -0.15) is 0 Å². The second-order valence-corrected chi connectivity index (χ2v) is 5.28. The molecule has 0 radical (unpaired) electrons. The van der Waals surface area contributed by atoms with Crippen molar-refractivity contribution in [2.24, 2.45) is 0 Å². The Kier molecular flexibility index (Phi) is 3.85. The fourth-order valence-corrected chi connectivity index (χ4v) is 2.70. The molecule has 0 unspecified atom stereocenters. The van der Waals surface area contributed by atoms with E-state index in [0.717, 1.165) is 34.2 Å². The summed E-state index contributed by atoms with van der Waals surface area (Å²) in [4.78, 5) is 8.49. The zero-order valence-corrected chi connectivity index (χ0v) is 12.8. The highest BCUT2D eigenvalue weighted by molar-refractivity contribution is 5.84. The van der Waals surface area contributed by atoms with Gasteiger partial charge in [0.05, 0.1) is 0 Å². The zero-order chi connectivity index (χ0) is 16.4. The summed E-state index contributed by atoms with van der Waals surface area (Å²) in [6.45, 7) is 2.08. The minimum absolute atomic E-state index is 0.220. The normalized spacial score (nSPS) is 10.7. The third-order valence-corrected chi connectivity index (χ3v) is 3.82. The topological polar surface area (TPSA) is 98.0 Å². The lowest BCUT2D eigenvalue weighted by atomic mass is 9.92. The number of pyridine rings is 2. The number of hydrogen-bond acceptors (Lipinski definition) is 5. The van der Waals surface area contributed by atoms with Crippen LogP contribution in [0, 0.1) is 0 Å². The summed E-state index contributed by atoms with van der Waals surface area (Å²) in [5.41, 5.74) is 16.6. The molecule has 3 aromatic rings. The molecular weight excluding hydrogens is 288 g/mol. The largest absolute Gasteiger partial charge is 0.508 e. The maximum atomic E-state index is 9.49. The molecule has 0 fully saturated rings. The molecule has 0 amide bonds. The van der Waals surface area contributed by atoms with E-state index in [1.54, 1.807) is 30.6 Å². The number of anilines is 2. The molecule has 1 aromatic carbocycles. The lowest BCUT2D eigenvalue weighted by Crippen LogP contribution is -2.01. The molecule has 0 aliphatic heterocycles. The van der Waals surface area contributed by atoms with E-state index >= 15 is 0 Å². The molecule has 0 aliphatic carbocycles. The number of benzene rings is 1. The Bertz CT molecular complexity index is 827. The predicted molar refractivity (Wildman–Crippen MR) is 92.8 cm³/mol. The van der Waals surface area contributed by atoms with Crippen LogP contribution in [0.4, 0.5) is 11.6 Å². The van der Waals surface area contributed by atoms with Gasteiger partial charge in [-0.15, -0.1) is 0 Å². The molecule has 5 nitrogen and oxygen atoms in total. The van der Waals surface area contributed by atoms with Gasteiger partial charge in [-0.05, 0) is 41.8 Å². The minimum Gasteiger partial charge on any atom is -0.508 e. The SMILES string of the molecule is CCc1c(-c2ccc(N)nc2)cnc(N)c1-c1ccc(O)cc1. The summed E-state index contributed by atoms with van der Waals surface area (Å²) < 4.78 is 0. The number of nitrogens with two attached hydrogens (primary N) is 2. The van der Waals surface area contributed by atoms with E-state index < -0.39 is 0 Å². The van der Waals surface area contributed by atoms with Gasteiger partial charge in [0, 0.05) is 29.1 Å². The first-order valence-corrected chi connectivity index (χ1v) is 7.38. The second kappa shape index (κ2) is 5.96. The van der Waals surface area contributed by atoms with Crippen LogP contribution in [0.15, 0.2) is 48.8 Å². The maximum absolute atomic E-state index is 9.49. The van der Waals surface area contributed by atoms with Crippen LogP contribution < -0.4 is 11.5 Å². The molecule has 0 saturated carbocycles. The molecular formula is C18H18N4O. The van der Waals surface area contributed by atoms with Crippen LogP contribution in [0.2, 0.25) is 0 Å². The van der Waals surface area contributed by atoms with Gasteiger partial charge in [-0.25, -0.2) is 9.97 Å². The molecule has 2 aromatic heterocycles. The van der Waals surface area contributed by atoms with E-state index in [0.29, 0.717) is 11.6 Å². The number of rotatable bonds is 3. The van der Waals surface area contributed by atoms with Crippen molar-refractivity contribution >= 4 is 11.6 Å². The lowest BCUT2D eigenvalue weighted by molar-refractivity contribution is 0.475. The fourth-order valence-electron chi connectivity index (χ4n) is 2.70. The first-order chi connectivity index (χ1) is 11.1. The van der Waals surface area contributed by atoms with Crippen molar-refractivity contribution < 1.29 is 5.11 Å². The second-order valence-electron chi connectivity index (χ2n) is 5.28. The van der Waals surface area contributed by atoms with Crippen molar-refractivity contribution in [1.29, 1.82) is 0 Å². The summed E-state index contributed by atoms with van der Waals surface area (Å²) >= 11 is 0. The minimum atomic E-state index is 0.220. The molecule has 23 heavy (non-hydrogen) atoms. The summed E-state index contributed by atoms with van der Waals surface area (Å²) in [6.07, 6.45) is 4.30. The van der Waals surface area contributed by atoms with Gasteiger partial charge in [0.25, 0.3) is 0 Å². The monoisotopic (exact) mass is 306 g/mol. The number of phenols is 1. The van der Waals surface area contributed by atoms with Crippen LogP contribution >= 0.6 is 0 Å². The molecule has 0 aliphatic rings. The van der Waals surface area contributed by atoms with Crippen molar-refractivity contribution in [2.45, 2.75) is 13.3 Å². The van der Waals surface area contributed by atoms with E-state index in [4.69, 9.17) is 11.5 Å². The van der Waals surface area contributed by atoms with Crippen LogP contribution in [0.5, 0.6) is 5.75 Å². The van der Waals surface area contributed by atoms with Crippen molar-refractivity contribution in [3.63, 3.8) is 0 Å². The third-order valence-electron chi connectivity index (χ3n) is 3.82. The van der Waals surface area contributed by atoms with Crippen molar-refractivity contribution in [3.8, 4) is 28.0 Å². The van der Waals surface area contributed by atoms with Gasteiger partial charge in [-0.3, -0.25) is 0 Å². The lowest BCUT2D eigenvalue weighted by Gasteiger charge is -2.16. The Hall–Kier alpha value is -3.08. The number of aromatic hydroxyl groups is 1. The summed E-state index contributed by atoms with van der Waals surface area (Å²) in [7, 11) is 0. The third kappa shape index (κ3) is 2.81. The van der Waals surface area contributed by atoms with Crippen molar-refractivity contribution in [1.82, 2.24) is 9.97 Å². The van der Waals surface area contributed by atoms with Gasteiger partial charge in [-0.1, -0.05) is 19.1 Å². The van der Waals surface area contributed by atoms with Crippen LogP contribution in [0.25, 0.3) is 22.3 Å². The Morgan fingerprint density at radius 2 is 1.61 bits per heavy atom. The van der Waals surface area contributed by atoms with Crippen LogP contribution in [0.1, 0.15) is 12.5 Å². The van der Waals surface area contributed by atoms with Gasteiger partial charge < -0.3 is 16.6 Å².